The molecule has 0 amide bonds. The van der Waals surface area contributed by atoms with Crippen LogP contribution in [0.15, 0.2) is 30.3 Å². The van der Waals surface area contributed by atoms with Gasteiger partial charge in [-0.1, -0.05) is 50.1 Å². The van der Waals surface area contributed by atoms with Crippen LogP contribution in [0.3, 0.4) is 0 Å². The van der Waals surface area contributed by atoms with Gasteiger partial charge in [0.1, 0.15) is 5.54 Å². The van der Waals surface area contributed by atoms with E-state index in [9.17, 15) is 5.26 Å². The number of benzene rings is 1. The van der Waals surface area contributed by atoms with Gasteiger partial charge in [0.2, 0.25) is 0 Å². The Bertz CT molecular complexity index is 463. The molecule has 2 atom stereocenters. The highest BCUT2D eigenvalue weighted by Gasteiger charge is 2.35. The van der Waals surface area contributed by atoms with Crippen LogP contribution in [-0.2, 0) is 5.54 Å². The summed E-state index contributed by atoms with van der Waals surface area (Å²) in [5, 5.41) is 13.1. The molecule has 21 heavy (non-hydrogen) atoms. The van der Waals surface area contributed by atoms with Crippen molar-refractivity contribution in [2.75, 3.05) is 20.1 Å². The molecule has 0 spiro atoms. The van der Waals surface area contributed by atoms with E-state index in [1.807, 2.05) is 25.2 Å². The van der Waals surface area contributed by atoms with Crippen LogP contribution in [0, 0.1) is 11.3 Å². The van der Waals surface area contributed by atoms with Gasteiger partial charge in [0.05, 0.1) is 6.07 Å². The molecule has 1 fully saturated rings. The summed E-state index contributed by atoms with van der Waals surface area (Å²) in [5.41, 5.74) is 0.459. The number of hydrogen-bond donors (Lipinski definition) is 1. The van der Waals surface area contributed by atoms with Gasteiger partial charge in [-0.05, 0) is 38.4 Å². The third-order valence-corrected chi connectivity index (χ3v) is 4.70. The molecule has 2 unspecified atom stereocenters. The van der Waals surface area contributed by atoms with E-state index in [1.54, 1.807) is 0 Å². The Morgan fingerprint density at radius 1 is 1.33 bits per heavy atom. The second-order valence-electron chi connectivity index (χ2n) is 6.04. The predicted octanol–water partition coefficient (Wildman–Crippen LogP) is 3.28. The predicted molar refractivity (Wildman–Crippen MR) is 86.9 cm³/mol. The molecule has 1 aromatic rings. The van der Waals surface area contributed by atoms with E-state index in [0.717, 1.165) is 18.7 Å². The fourth-order valence-electron chi connectivity index (χ4n) is 3.43. The van der Waals surface area contributed by atoms with Crippen molar-refractivity contribution < 1.29 is 0 Å². The van der Waals surface area contributed by atoms with Gasteiger partial charge >= 0.3 is 0 Å². The number of hydrogen-bond acceptors (Lipinski definition) is 3. The minimum atomic E-state index is -0.607. The van der Waals surface area contributed by atoms with Gasteiger partial charge < -0.3 is 0 Å². The number of nitrogens with one attached hydrogen (secondary N) is 1. The molecule has 3 nitrogen and oxygen atoms in total. The monoisotopic (exact) mass is 285 g/mol. The fourth-order valence-corrected chi connectivity index (χ4v) is 3.43. The zero-order valence-corrected chi connectivity index (χ0v) is 13.3. The van der Waals surface area contributed by atoms with Crippen molar-refractivity contribution in [1.29, 1.82) is 5.26 Å². The number of likely N-dealkylation sites (tertiary alicyclic amines) is 1. The summed E-state index contributed by atoms with van der Waals surface area (Å²) in [6, 6.07) is 13.3. The number of nitrogens with zero attached hydrogens (tertiary/aromatic N) is 2. The average Bonchev–Trinajstić information content (AvgIpc) is 2.55. The molecule has 1 aliphatic heterocycles. The van der Waals surface area contributed by atoms with Crippen LogP contribution < -0.4 is 5.32 Å². The van der Waals surface area contributed by atoms with E-state index in [2.05, 4.69) is 35.3 Å². The molecule has 3 heteroatoms. The molecular weight excluding hydrogens is 258 g/mol. The standard InChI is InChI=1S/C18H27N3/c1-3-9-17-12-7-8-13-21(17)15-18(14-19,20-2)16-10-5-4-6-11-16/h4-6,10-11,17,20H,3,7-9,12-13,15H2,1-2H3. The first-order valence-electron chi connectivity index (χ1n) is 8.15. The van der Waals surface area contributed by atoms with Crippen molar-refractivity contribution in [2.24, 2.45) is 0 Å². The Morgan fingerprint density at radius 2 is 2.10 bits per heavy atom. The fraction of sp³-hybridized carbons (Fsp3) is 0.611. The summed E-state index contributed by atoms with van der Waals surface area (Å²) >= 11 is 0. The van der Waals surface area contributed by atoms with Crippen molar-refractivity contribution in [2.45, 2.75) is 50.6 Å². The normalized spacial score (nSPS) is 22.4. The highest BCUT2D eigenvalue weighted by Crippen LogP contribution is 2.27. The molecule has 1 aliphatic rings. The Hall–Kier alpha value is -1.37. The summed E-state index contributed by atoms with van der Waals surface area (Å²) in [5.74, 6) is 0. The van der Waals surface area contributed by atoms with E-state index >= 15 is 0 Å². The molecule has 1 aromatic carbocycles. The van der Waals surface area contributed by atoms with E-state index in [0.29, 0.717) is 6.04 Å². The lowest BCUT2D eigenvalue weighted by Gasteiger charge is -2.40. The number of rotatable bonds is 6. The Labute approximate surface area is 129 Å². The first kappa shape index (κ1) is 16.0. The van der Waals surface area contributed by atoms with Crippen molar-refractivity contribution in [3.8, 4) is 6.07 Å². The molecule has 114 valence electrons. The van der Waals surface area contributed by atoms with Crippen molar-refractivity contribution in [3.63, 3.8) is 0 Å². The minimum absolute atomic E-state index is 0.607. The SMILES string of the molecule is CCCC1CCCCN1CC(C#N)(NC)c1ccccc1. The molecule has 0 bridgehead atoms. The smallest absolute Gasteiger partial charge is 0.144 e. The maximum atomic E-state index is 9.84. The van der Waals surface area contributed by atoms with Gasteiger partial charge in [-0.3, -0.25) is 10.2 Å². The first-order valence-corrected chi connectivity index (χ1v) is 8.15. The summed E-state index contributed by atoms with van der Waals surface area (Å²) in [6.45, 7) is 4.14. The van der Waals surface area contributed by atoms with E-state index in [-0.39, 0.29) is 0 Å². The number of piperidine rings is 1. The lowest BCUT2D eigenvalue weighted by atomic mass is 9.88. The molecular formula is C18H27N3. The molecule has 1 heterocycles. The molecule has 0 saturated carbocycles. The largest absolute Gasteiger partial charge is 0.298 e. The highest BCUT2D eigenvalue weighted by atomic mass is 15.2. The summed E-state index contributed by atoms with van der Waals surface area (Å²) in [7, 11) is 1.90. The number of likely N-dealkylation sites (N-methyl/N-ethyl adjacent to an activating group) is 1. The number of nitriles is 1. The van der Waals surface area contributed by atoms with Crippen LogP contribution in [0.25, 0.3) is 0 Å². The lowest BCUT2D eigenvalue weighted by molar-refractivity contribution is 0.112. The van der Waals surface area contributed by atoms with Crippen LogP contribution in [0.2, 0.25) is 0 Å². The van der Waals surface area contributed by atoms with Crippen molar-refractivity contribution in [1.82, 2.24) is 10.2 Å². The molecule has 0 radical (unpaired) electrons. The highest BCUT2D eigenvalue weighted by molar-refractivity contribution is 5.32. The van der Waals surface area contributed by atoms with Gasteiger partial charge in [-0.15, -0.1) is 0 Å². The van der Waals surface area contributed by atoms with Crippen molar-refractivity contribution in [3.05, 3.63) is 35.9 Å². The Balaban J connectivity index is 2.21. The topological polar surface area (TPSA) is 39.1 Å². The van der Waals surface area contributed by atoms with Gasteiger partial charge in [-0.25, -0.2) is 0 Å². The molecule has 1 saturated heterocycles. The van der Waals surface area contributed by atoms with Crippen LogP contribution in [0.5, 0.6) is 0 Å². The van der Waals surface area contributed by atoms with Crippen LogP contribution in [0.4, 0.5) is 0 Å². The molecule has 1 N–H and O–H groups in total. The van der Waals surface area contributed by atoms with Gasteiger partial charge in [0.15, 0.2) is 0 Å². The molecule has 2 rings (SSSR count). The van der Waals surface area contributed by atoms with Gasteiger partial charge in [0.25, 0.3) is 0 Å². The van der Waals surface area contributed by atoms with Gasteiger partial charge in [0, 0.05) is 12.6 Å². The minimum Gasteiger partial charge on any atom is -0.298 e. The van der Waals surface area contributed by atoms with E-state index in [1.165, 1.54) is 32.1 Å². The molecule has 0 aliphatic carbocycles. The third kappa shape index (κ3) is 3.64. The second kappa shape index (κ2) is 7.59. The van der Waals surface area contributed by atoms with Crippen molar-refractivity contribution >= 4 is 0 Å². The quantitative estimate of drug-likeness (QED) is 0.872. The van der Waals surface area contributed by atoms with Crippen LogP contribution >= 0.6 is 0 Å². The zero-order valence-electron chi connectivity index (χ0n) is 13.3. The third-order valence-electron chi connectivity index (χ3n) is 4.70. The maximum Gasteiger partial charge on any atom is 0.144 e. The Kier molecular flexibility index (Phi) is 5.78. The first-order chi connectivity index (χ1) is 10.3. The zero-order chi connectivity index (χ0) is 15.1. The second-order valence-corrected chi connectivity index (χ2v) is 6.04. The van der Waals surface area contributed by atoms with Gasteiger partial charge in [-0.2, -0.15) is 5.26 Å². The van der Waals surface area contributed by atoms with Crippen LogP contribution in [-0.4, -0.2) is 31.1 Å². The average molecular weight is 285 g/mol. The summed E-state index contributed by atoms with van der Waals surface area (Å²) in [4.78, 5) is 2.53. The summed E-state index contributed by atoms with van der Waals surface area (Å²) < 4.78 is 0. The lowest BCUT2D eigenvalue weighted by Crippen LogP contribution is -2.52. The Morgan fingerprint density at radius 3 is 2.71 bits per heavy atom. The summed E-state index contributed by atoms with van der Waals surface area (Å²) in [6.07, 6.45) is 6.30. The molecule has 0 aromatic heterocycles. The van der Waals surface area contributed by atoms with Crippen LogP contribution in [0.1, 0.15) is 44.6 Å². The van der Waals surface area contributed by atoms with E-state index < -0.39 is 5.54 Å². The maximum absolute atomic E-state index is 9.84. The van der Waals surface area contributed by atoms with E-state index in [4.69, 9.17) is 0 Å².